The Morgan fingerprint density at radius 2 is 0.504 bits per heavy atom. The first-order chi connectivity index (χ1) is 58.4. The molecule has 0 amide bonds. The summed E-state index contributed by atoms with van der Waals surface area (Å²) in [5.74, 6) is 8.69. The van der Waals surface area contributed by atoms with Crippen molar-refractivity contribution >= 4 is 21.8 Å². The molecule has 0 saturated heterocycles. The first-order valence-corrected chi connectivity index (χ1v) is 40.3. The summed E-state index contributed by atoms with van der Waals surface area (Å²) in [6.45, 7) is 9.10. The molecule has 5 heterocycles. The Balaban J connectivity index is 0.573. The van der Waals surface area contributed by atoms with Crippen LogP contribution in [0.25, 0.3) is 174 Å². The lowest BCUT2D eigenvalue weighted by Gasteiger charge is -2.26. The molecule has 0 N–H and O–H groups in total. The van der Waals surface area contributed by atoms with Crippen molar-refractivity contribution in [2.45, 2.75) is 38.5 Å². The van der Waals surface area contributed by atoms with E-state index in [4.69, 9.17) is 48.9 Å². The van der Waals surface area contributed by atoms with E-state index in [1.54, 1.807) is 0 Å². The van der Waals surface area contributed by atoms with Crippen LogP contribution in [0.3, 0.4) is 0 Å². The summed E-state index contributed by atoms with van der Waals surface area (Å²) in [6.07, 6.45) is 0. The van der Waals surface area contributed by atoms with Gasteiger partial charge >= 0.3 is 0 Å². The number of fused-ring (bicyclic) bond motifs is 13. The van der Waals surface area contributed by atoms with Crippen molar-refractivity contribution in [2.75, 3.05) is 0 Å². The molecule has 3 aromatic heterocycles. The van der Waals surface area contributed by atoms with Gasteiger partial charge in [-0.15, -0.1) is 0 Å². The topological polar surface area (TPSA) is 119 Å². The van der Waals surface area contributed by atoms with Crippen LogP contribution in [0.2, 0.25) is 0 Å². The van der Waals surface area contributed by atoms with E-state index in [1.807, 2.05) is 30.3 Å². The second-order valence-corrected chi connectivity index (χ2v) is 32.1. The molecule has 119 heavy (non-hydrogen) atoms. The molecule has 2 aliphatic heterocycles. The van der Waals surface area contributed by atoms with Gasteiger partial charge in [0, 0.05) is 71.8 Å². The predicted molar refractivity (Wildman–Crippen MR) is 476 cm³/mol. The van der Waals surface area contributed by atoms with Crippen molar-refractivity contribution in [3.05, 3.63) is 380 Å². The second-order valence-electron chi connectivity index (χ2n) is 32.1. The number of nitrogens with zero attached hydrogens (tertiary/aromatic N) is 7. The van der Waals surface area contributed by atoms with E-state index >= 15 is 0 Å². The third-order valence-electron chi connectivity index (χ3n) is 24.3. The van der Waals surface area contributed by atoms with Gasteiger partial charge in [-0.3, -0.25) is 0 Å². The first kappa shape index (κ1) is 69.1. The highest BCUT2D eigenvalue weighted by molar-refractivity contribution is 6.09. The minimum absolute atomic E-state index is 0.176. The van der Waals surface area contributed by atoms with Crippen molar-refractivity contribution in [1.29, 1.82) is 0 Å². The molecule has 23 rings (SSSR count). The fourth-order valence-electron chi connectivity index (χ4n) is 18.2. The van der Waals surface area contributed by atoms with E-state index in [2.05, 4.69) is 360 Å². The lowest BCUT2D eigenvalue weighted by Crippen LogP contribution is -2.15. The predicted octanol–water partition coefficient (Wildman–Crippen LogP) is 27.9. The van der Waals surface area contributed by atoms with Gasteiger partial charge in [-0.1, -0.05) is 289 Å². The second kappa shape index (κ2) is 27.1. The summed E-state index contributed by atoms with van der Waals surface area (Å²) >= 11 is 0. The number of ether oxygens (including phenoxy) is 4. The van der Waals surface area contributed by atoms with E-state index in [-0.39, 0.29) is 10.8 Å². The molecule has 19 aromatic rings. The van der Waals surface area contributed by atoms with Crippen molar-refractivity contribution in [1.82, 2.24) is 34.5 Å². The molecule has 0 atom stereocenters. The van der Waals surface area contributed by atoms with Crippen LogP contribution in [0.1, 0.15) is 49.9 Å². The van der Waals surface area contributed by atoms with E-state index in [9.17, 15) is 0 Å². The van der Waals surface area contributed by atoms with E-state index in [0.717, 1.165) is 106 Å². The normalized spacial score (nSPS) is 13.3. The first-order valence-electron chi connectivity index (χ1n) is 40.3. The number of aromatic nitrogens is 7. The Kier molecular flexibility index (Phi) is 15.7. The summed E-state index contributed by atoms with van der Waals surface area (Å²) < 4.78 is 29.5. The van der Waals surface area contributed by atoms with Gasteiger partial charge in [0.2, 0.25) is 0 Å². The molecule has 0 fully saturated rings. The van der Waals surface area contributed by atoms with Crippen LogP contribution in [0.15, 0.2) is 358 Å². The van der Waals surface area contributed by atoms with Crippen LogP contribution in [0.5, 0.6) is 46.0 Å². The monoisotopic (exact) mass is 1530 g/mol. The molecule has 562 valence electrons. The summed E-state index contributed by atoms with van der Waals surface area (Å²) in [4.78, 5) is 31.9. The molecule has 11 heteroatoms. The summed E-state index contributed by atoms with van der Waals surface area (Å²) in [7, 11) is 0. The third kappa shape index (κ3) is 11.6. The molecular weight excluding hydrogens is 1460 g/mol. The molecule has 11 nitrogen and oxygen atoms in total. The number of rotatable bonds is 12. The molecule has 0 radical (unpaired) electrons. The van der Waals surface area contributed by atoms with E-state index < -0.39 is 0 Å². The standard InChI is InChI=1S/C108H71N7O4/c1-107(2)87-38-12-8-32-81(87)85-60-95-97(62-89(85)107)116-93-42-20-36-79(99(93)118-95)65-44-48-67(49-45-65)101-109-103(69-52-54-78(55-53-69)115-91-40-14-10-34-83(91)84-35-11-15-41-92(84)115)113-104(110-101)76-30-18-27-73(58-76)71-25-16-26-72(56-71)74-28-19-31-77(59-74)106-112-102(111-105(114-106)75-29-17-24-70(57-75)64-22-6-5-7-23-64)68-50-46-66(47-51-68)80-37-21-43-94-100(80)119-96-61-86-82-33-9-13-39-88(82)108(3,4)90(86)63-98(96)117-94/h5-63H,1-4H3. The molecule has 0 bridgehead atoms. The molecule has 2 aliphatic carbocycles. The zero-order valence-electron chi connectivity index (χ0n) is 65.3. The van der Waals surface area contributed by atoms with E-state index in [0.29, 0.717) is 80.9 Å². The average molecular weight is 1530 g/mol. The van der Waals surface area contributed by atoms with Gasteiger partial charge in [0.05, 0.1) is 11.0 Å². The van der Waals surface area contributed by atoms with Crippen LogP contribution in [-0.2, 0) is 10.8 Å². The number of hydrogen-bond acceptors (Lipinski definition) is 10. The lowest BCUT2D eigenvalue weighted by molar-refractivity contribution is 0.360. The molecule has 4 aliphatic rings. The maximum absolute atomic E-state index is 6.90. The molecule has 0 saturated carbocycles. The molecule has 0 unspecified atom stereocenters. The van der Waals surface area contributed by atoms with Crippen LogP contribution in [0, 0.1) is 0 Å². The van der Waals surface area contributed by atoms with Gasteiger partial charge in [-0.25, -0.2) is 29.9 Å². The van der Waals surface area contributed by atoms with Crippen LogP contribution >= 0.6 is 0 Å². The zero-order valence-corrected chi connectivity index (χ0v) is 65.3. The van der Waals surface area contributed by atoms with Crippen molar-refractivity contribution < 1.29 is 18.9 Å². The Hall–Kier alpha value is -15.5. The highest BCUT2D eigenvalue weighted by Gasteiger charge is 2.40. The minimum atomic E-state index is -0.180. The van der Waals surface area contributed by atoms with Crippen molar-refractivity contribution in [3.63, 3.8) is 0 Å². The SMILES string of the molecule is CC1(C)c2ccccc2-c2cc3c(cc21)Oc1cccc(-c2ccc(-c4nc(-c5ccc(-n6c7ccccc7c7ccccc76)cc5)nc(-c5cccc(-c6cccc(-c7cccc(-c8nc(-c9ccc(-c%10cccc%11c%10Oc%10cc%12c(cc%10O%11)C(C)(C)c%10ccccc%10-%12)cc9)nc(-c9cccc(-c%10ccccc%10)c9)n8)c7)c6)c5)n4)cc2)c1O3. The number of hydrogen-bond donors (Lipinski definition) is 0. The van der Waals surface area contributed by atoms with Crippen molar-refractivity contribution in [3.8, 4) is 198 Å². The van der Waals surface area contributed by atoms with Gasteiger partial charge in [-0.05, 0) is 186 Å². The Labute approximate surface area is 687 Å². The molecule has 16 aromatic carbocycles. The van der Waals surface area contributed by atoms with Crippen molar-refractivity contribution in [2.24, 2.45) is 0 Å². The third-order valence-corrected chi connectivity index (χ3v) is 24.3. The molecule has 0 spiro atoms. The maximum Gasteiger partial charge on any atom is 0.177 e. The highest BCUT2D eigenvalue weighted by Crippen LogP contribution is 2.59. The Morgan fingerprint density at radius 3 is 0.924 bits per heavy atom. The zero-order chi connectivity index (χ0) is 79.2. The quantitative estimate of drug-likeness (QED) is 0.117. The highest BCUT2D eigenvalue weighted by atomic mass is 16.6. The summed E-state index contributed by atoms with van der Waals surface area (Å²) in [5, 5.41) is 2.40. The minimum Gasteiger partial charge on any atom is -0.449 e. The Morgan fingerprint density at radius 1 is 0.202 bits per heavy atom. The average Bonchev–Trinajstić information content (AvgIpc) is 1.59. The van der Waals surface area contributed by atoms with Crippen LogP contribution in [0.4, 0.5) is 0 Å². The summed E-state index contributed by atoms with van der Waals surface area (Å²) in [5.41, 5.74) is 27.7. The van der Waals surface area contributed by atoms with Gasteiger partial charge < -0.3 is 23.5 Å². The molecular formula is C108H71N7O4. The lowest BCUT2D eigenvalue weighted by atomic mass is 9.82. The maximum atomic E-state index is 6.90. The summed E-state index contributed by atoms with van der Waals surface area (Å²) in [6, 6.07) is 125. The largest absolute Gasteiger partial charge is 0.449 e. The van der Waals surface area contributed by atoms with Crippen LogP contribution < -0.4 is 18.9 Å². The smallest absolute Gasteiger partial charge is 0.177 e. The van der Waals surface area contributed by atoms with Gasteiger partial charge in [-0.2, -0.15) is 0 Å². The number of benzene rings is 16. The fourth-order valence-corrected chi connectivity index (χ4v) is 18.2. The van der Waals surface area contributed by atoms with Crippen LogP contribution in [-0.4, -0.2) is 34.5 Å². The van der Waals surface area contributed by atoms with Gasteiger partial charge in [0.1, 0.15) is 0 Å². The fraction of sp³-hybridized carbons (Fsp3) is 0.0556. The Bertz CT molecular complexity index is 7360. The van der Waals surface area contributed by atoms with Gasteiger partial charge in [0.25, 0.3) is 0 Å². The van der Waals surface area contributed by atoms with Gasteiger partial charge in [0.15, 0.2) is 80.9 Å². The van der Waals surface area contributed by atoms with E-state index in [1.165, 1.54) is 55.3 Å². The number of para-hydroxylation sites is 4.